The lowest BCUT2D eigenvalue weighted by Gasteiger charge is -2.35. The lowest BCUT2D eigenvalue weighted by molar-refractivity contribution is -0.116. The van der Waals surface area contributed by atoms with E-state index < -0.39 is 5.60 Å². The number of fused-ring (bicyclic) bond motifs is 2. The second-order valence-corrected chi connectivity index (χ2v) is 14.5. The van der Waals surface area contributed by atoms with Crippen LogP contribution in [0.1, 0.15) is 70.7 Å². The van der Waals surface area contributed by atoms with E-state index >= 15 is 0 Å². The molecule has 1 unspecified atom stereocenters. The SMILES string of the molecule is CC1CNCCC[C@H](NCCC(=O)Nc2sc3c(c2-c2nc4cnccc4s2)C[C@@H](C)N(C(=O)OC(C)(C)C)C3)C1. The fourth-order valence-electron chi connectivity index (χ4n) is 5.61. The van der Waals surface area contributed by atoms with Crippen LogP contribution in [0.4, 0.5) is 9.80 Å². The minimum absolute atomic E-state index is 0.0160. The quantitative estimate of drug-likeness (QED) is 0.329. The molecule has 2 aliphatic heterocycles. The van der Waals surface area contributed by atoms with Crippen LogP contribution in [0, 0.1) is 5.92 Å². The van der Waals surface area contributed by atoms with Gasteiger partial charge >= 0.3 is 6.09 Å². The Morgan fingerprint density at radius 1 is 1.24 bits per heavy atom. The minimum Gasteiger partial charge on any atom is -0.444 e. The van der Waals surface area contributed by atoms with Gasteiger partial charge < -0.3 is 25.6 Å². The van der Waals surface area contributed by atoms with Gasteiger partial charge in [0.2, 0.25) is 5.91 Å². The van der Waals surface area contributed by atoms with Gasteiger partial charge in [-0.15, -0.1) is 22.7 Å². The maximum absolute atomic E-state index is 13.2. The summed E-state index contributed by atoms with van der Waals surface area (Å²) in [6.45, 7) is 13.2. The summed E-state index contributed by atoms with van der Waals surface area (Å²) in [4.78, 5) is 38.2. The summed E-state index contributed by atoms with van der Waals surface area (Å²) in [5.74, 6) is 0.603. The fourth-order valence-corrected chi connectivity index (χ4v) is 7.93. The summed E-state index contributed by atoms with van der Waals surface area (Å²) in [6, 6.07) is 2.37. The molecule has 3 aromatic heterocycles. The molecule has 3 aromatic rings. The molecular formula is C30H42N6O3S2. The summed E-state index contributed by atoms with van der Waals surface area (Å²) in [5, 5.41) is 12.0. The third-order valence-corrected chi connectivity index (χ3v) is 9.78. The Balaban J connectivity index is 1.35. The van der Waals surface area contributed by atoms with Crippen molar-refractivity contribution in [2.24, 2.45) is 5.92 Å². The molecule has 1 saturated heterocycles. The van der Waals surface area contributed by atoms with Crippen LogP contribution in [0.3, 0.4) is 0 Å². The van der Waals surface area contributed by atoms with Gasteiger partial charge in [-0.25, -0.2) is 9.78 Å². The number of rotatable bonds is 6. The number of anilines is 1. The van der Waals surface area contributed by atoms with Gasteiger partial charge in [-0.2, -0.15) is 0 Å². The highest BCUT2D eigenvalue weighted by Gasteiger charge is 2.35. The maximum Gasteiger partial charge on any atom is 0.410 e. The number of pyridine rings is 1. The van der Waals surface area contributed by atoms with Crippen LogP contribution >= 0.6 is 22.7 Å². The Bertz CT molecular complexity index is 1350. The number of nitrogens with one attached hydrogen (secondary N) is 3. The Morgan fingerprint density at radius 3 is 2.85 bits per heavy atom. The lowest BCUT2D eigenvalue weighted by Crippen LogP contribution is -2.44. The first kappa shape index (κ1) is 29.9. The molecule has 5 heterocycles. The van der Waals surface area contributed by atoms with Gasteiger partial charge in [0.25, 0.3) is 0 Å². The standard InChI is InChI=1S/C30H42N6O3S2/c1-18-13-20(7-6-10-31-15-18)33-12-9-25(37)35-28-26(27-34-22-16-32-11-8-23(22)40-27)21-14-19(2)36(17-24(21)41-28)29(38)39-30(3,4)5/h8,11,16,18-20,31,33H,6-7,9-10,12-15,17H2,1-5H3,(H,35,37)/t18?,19-,20+/m1/s1. The second-order valence-electron chi connectivity index (χ2n) is 12.4. The van der Waals surface area contributed by atoms with E-state index in [9.17, 15) is 9.59 Å². The van der Waals surface area contributed by atoms with E-state index in [4.69, 9.17) is 9.72 Å². The molecule has 9 nitrogen and oxygen atoms in total. The lowest BCUT2D eigenvalue weighted by atomic mass is 9.96. The smallest absolute Gasteiger partial charge is 0.410 e. The van der Waals surface area contributed by atoms with Crippen molar-refractivity contribution >= 4 is 49.9 Å². The van der Waals surface area contributed by atoms with Gasteiger partial charge in [0.15, 0.2) is 0 Å². The molecule has 222 valence electrons. The highest BCUT2D eigenvalue weighted by atomic mass is 32.1. The molecular weight excluding hydrogens is 557 g/mol. The largest absolute Gasteiger partial charge is 0.444 e. The van der Waals surface area contributed by atoms with Crippen molar-refractivity contribution < 1.29 is 14.3 Å². The zero-order valence-electron chi connectivity index (χ0n) is 24.7. The molecule has 0 spiro atoms. The van der Waals surface area contributed by atoms with Crippen molar-refractivity contribution in [3.63, 3.8) is 0 Å². The van der Waals surface area contributed by atoms with Crippen molar-refractivity contribution in [3.05, 3.63) is 28.9 Å². The molecule has 2 amide bonds. The van der Waals surface area contributed by atoms with Gasteiger partial charge in [0.05, 0.1) is 17.4 Å². The van der Waals surface area contributed by atoms with Crippen LogP contribution in [0.15, 0.2) is 18.5 Å². The highest BCUT2D eigenvalue weighted by molar-refractivity contribution is 7.22. The van der Waals surface area contributed by atoms with Crippen LogP contribution in [0.5, 0.6) is 0 Å². The number of amides is 2. The van der Waals surface area contributed by atoms with E-state index in [1.165, 1.54) is 0 Å². The highest BCUT2D eigenvalue weighted by Crippen LogP contribution is 2.46. The average Bonchev–Trinajstić information content (AvgIpc) is 3.45. The molecule has 0 aromatic carbocycles. The van der Waals surface area contributed by atoms with Crippen LogP contribution in [-0.4, -0.2) is 64.2 Å². The molecule has 3 N–H and O–H groups in total. The van der Waals surface area contributed by atoms with E-state index in [0.717, 1.165) is 68.6 Å². The van der Waals surface area contributed by atoms with Crippen molar-refractivity contribution in [3.8, 4) is 10.6 Å². The predicted molar refractivity (Wildman–Crippen MR) is 167 cm³/mol. The second kappa shape index (κ2) is 12.7. The summed E-state index contributed by atoms with van der Waals surface area (Å²) >= 11 is 3.15. The zero-order valence-corrected chi connectivity index (χ0v) is 26.3. The molecule has 41 heavy (non-hydrogen) atoms. The maximum atomic E-state index is 13.2. The Hall–Kier alpha value is -2.60. The normalized spacial score (nSPS) is 21.7. The number of aromatic nitrogens is 2. The van der Waals surface area contributed by atoms with Crippen LogP contribution in [0.25, 0.3) is 20.8 Å². The Morgan fingerprint density at radius 2 is 2.07 bits per heavy atom. The first-order valence-electron chi connectivity index (χ1n) is 14.7. The average molecular weight is 599 g/mol. The third-order valence-electron chi connectivity index (χ3n) is 7.59. The van der Waals surface area contributed by atoms with Gasteiger partial charge in [-0.1, -0.05) is 6.92 Å². The van der Waals surface area contributed by atoms with Gasteiger partial charge in [0.1, 0.15) is 21.1 Å². The summed E-state index contributed by atoms with van der Waals surface area (Å²) < 4.78 is 6.75. The summed E-state index contributed by atoms with van der Waals surface area (Å²) in [7, 11) is 0. The fraction of sp³-hybridized carbons (Fsp3) is 0.600. The first-order chi connectivity index (χ1) is 19.6. The number of hydrogen-bond donors (Lipinski definition) is 3. The topological polar surface area (TPSA) is 108 Å². The van der Waals surface area contributed by atoms with Gasteiger partial charge in [0, 0.05) is 41.7 Å². The molecule has 1 fully saturated rings. The summed E-state index contributed by atoms with van der Waals surface area (Å²) in [5.41, 5.74) is 2.41. The van der Waals surface area contributed by atoms with E-state index in [-0.39, 0.29) is 18.0 Å². The van der Waals surface area contributed by atoms with Crippen LogP contribution in [-0.2, 0) is 22.5 Å². The zero-order chi connectivity index (χ0) is 29.1. The minimum atomic E-state index is -0.565. The Kier molecular flexibility index (Phi) is 9.27. The van der Waals surface area contributed by atoms with E-state index in [1.807, 2.05) is 33.8 Å². The number of carbonyl (C=O) groups excluding carboxylic acids is 2. The molecule has 0 bridgehead atoms. The van der Waals surface area contributed by atoms with Crippen LogP contribution < -0.4 is 16.0 Å². The number of ether oxygens (including phenoxy) is 1. The summed E-state index contributed by atoms with van der Waals surface area (Å²) in [6.07, 6.45) is 7.70. The monoisotopic (exact) mass is 598 g/mol. The molecule has 5 rings (SSSR count). The van der Waals surface area contributed by atoms with Crippen molar-refractivity contribution in [2.45, 2.75) is 91.0 Å². The molecule has 0 saturated carbocycles. The van der Waals surface area contributed by atoms with E-state index in [0.29, 0.717) is 37.9 Å². The number of thiophene rings is 1. The molecule has 3 atom stereocenters. The number of nitrogens with zero attached hydrogens (tertiary/aromatic N) is 3. The third kappa shape index (κ3) is 7.43. The van der Waals surface area contributed by atoms with Crippen LogP contribution in [0.2, 0.25) is 0 Å². The number of hydrogen-bond acceptors (Lipinski definition) is 9. The van der Waals surface area contributed by atoms with E-state index in [1.54, 1.807) is 40.0 Å². The van der Waals surface area contributed by atoms with Gasteiger partial charge in [-0.05, 0) is 84.0 Å². The van der Waals surface area contributed by atoms with Crippen molar-refractivity contribution in [1.29, 1.82) is 0 Å². The number of carbonyl (C=O) groups is 2. The molecule has 0 aliphatic carbocycles. The Labute approximate surface area is 250 Å². The first-order valence-corrected chi connectivity index (χ1v) is 16.3. The van der Waals surface area contributed by atoms with Crippen molar-refractivity contribution in [1.82, 2.24) is 25.5 Å². The molecule has 2 aliphatic rings. The van der Waals surface area contributed by atoms with Crippen molar-refractivity contribution in [2.75, 3.05) is 25.0 Å². The number of thiazole rings is 1. The molecule has 0 radical (unpaired) electrons. The van der Waals surface area contributed by atoms with Gasteiger partial charge in [-0.3, -0.25) is 9.78 Å². The molecule has 11 heteroatoms. The van der Waals surface area contributed by atoms with E-state index in [2.05, 4.69) is 27.9 Å². The predicted octanol–water partition coefficient (Wildman–Crippen LogP) is 5.80.